The third-order valence-electron chi connectivity index (χ3n) is 4.80. The van der Waals surface area contributed by atoms with Crippen LogP contribution in [0.5, 0.6) is 0 Å². The number of nitrogens with zero attached hydrogens (tertiary/aromatic N) is 1. The van der Waals surface area contributed by atoms with E-state index in [4.69, 9.17) is 5.73 Å². The molecule has 0 amide bonds. The summed E-state index contributed by atoms with van der Waals surface area (Å²) in [7, 11) is 0. The molecule has 1 saturated carbocycles. The maximum atomic E-state index is 6.64. The second-order valence-corrected chi connectivity index (χ2v) is 6.58. The molecule has 0 atom stereocenters. The van der Waals surface area contributed by atoms with Crippen LogP contribution in [0.15, 0.2) is 18.2 Å². The molecule has 0 unspecified atom stereocenters. The summed E-state index contributed by atoms with van der Waals surface area (Å²) >= 11 is 0. The quantitative estimate of drug-likeness (QED) is 0.881. The van der Waals surface area contributed by atoms with Crippen LogP contribution in [0.25, 0.3) is 0 Å². The Morgan fingerprint density at radius 2 is 1.95 bits per heavy atom. The Hall–Kier alpha value is -1.02. The molecule has 1 fully saturated rings. The van der Waals surface area contributed by atoms with Crippen LogP contribution in [0.3, 0.4) is 0 Å². The Morgan fingerprint density at radius 1 is 1.16 bits per heavy atom. The van der Waals surface area contributed by atoms with Crippen LogP contribution in [-0.2, 0) is 6.42 Å². The molecule has 2 aliphatic rings. The fourth-order valence-electron chi connectivity index (χ4n) is 3.76. The van der Waals surface area contributed by atoms with Gasteiger partial charge in [0.1, 0.15) is 0 Å². The van der Waals surface area contributed by atoms with Gasteiger partial charge in [-0.15, -0.1) is 0 Å². The van der Waals surface area contributed by atoms with Gasteiger partial charge >= 0.3 is 0 Å². The summed E-state index contributed by atoms with van der Waals surface area (Å²) in [6.07, 6.45) is 8.89. The van der Waals surface area contributed by atoms with Crippen molar-refractivity contribution >= 4 is 5.69 Å². The summed E-state index contributed by atoms with van der Waals surface area (Å²) in [6, 6.07) is 6.89. The summed E-state index contributed by atoms with van der Waals surface area (Å²) in [5.41, 5.74) is 11.0. The van der Waals surface area contributed by atoms with Crippen LogP contribution in [-0.4, -0.2) is 18.6 Å². The van der Waals surface area contributed by atoms with Crippen molar-refractivity contribution in [2.24, 2.45) is 5.73 Å². The Balaban J connectivity index is 1.79. The number of nitrogens with two attached hydrogens (primary N) is 1. The highest BCUT2D eigenvalue weighted by molar-refractivity contribution is 5.57. The van der Waals surface area contributed by atoms with Gasteiger partial charge in [-0.25, -0.2) is 0 Å². The van der Waals surface area contributed by atoms with E-state index in [1.165, 1.54) is 68.3 Å². The fourth-order valence-corrected chi connectivity index (χ4v) is 3.76. The van der Waals surface area contributed by atoms with E-state index in [1.807, 2.05) is 0 Å². The van der Waals surface area contributed by atoms with E-state index in [-0.39, 0.29) is 5.54 Å². The van der Waals surface area contributed by atoms with Gasteiger partial charge in [0, 0.05) is 24.3 Å². The SMILES string of the molecule is Cc1ccc2c(c1)CCCN2CC1(N)CCCCC1. The van der Waals surface area contributed by atoms with E-state index >= 15 is 0 Å². The van der Waals surface area contributed by atoms with Gasteiger partial charge in [-0.05, 0) is 44.2 Å². The third-order valence-corrected chi connectivity index (χ3v) is 4.80. The van der Waals surface area contributed by atoms with Gasteiger partial charge in [0.2, 0.25) is 0 Å². The average Bonchev–Trinajstić information content (AvgIpc) is 2.39. The lowest BCUT2D eigenvalue weighted by molar-refractivity contribution is 0.296. The van der Waals surface area contributed by atoms with E-state index < -0.39 is 0 Å². The molecule has 3 rings (SSSR count). The zero-order valence-electron chi connectivity index (χ0n) is 12.1. The number of fused-ring (bicyclic) bond motifs is 1. The first-order valence-corrected chi connectivity index (χ1v) is 7.80. The molecule has 1 aliphatic heterocycles. The molecule has 0 bridgehead atoms. The number of benzene rings is 1. The molecular formula is C17H26N2. The zero-order chi connectivity index (χ0) is 13.3. The normalized spacial score (nSPS) is 22.1. The van der Waals surface area contributed by atoms with Gasteiger partial charge in [0.25, 0.3) is 0 Å². The van der Waals surface area contributed by atoms with Crippen molar-refractivity contribution in [3.8, 4) is 0 Å². The topological polar surface area (TPSA) is 29.3 Å². The molecule has 2 heteroatoms. The maximum Gasteiger partial charge on any atom is 0.0399 e. The van der Waals surface area contributed by atoms with Gasteiger partial charge in [-0.2, -0.15) is 0 Å². The second kappa shape index (κ2) is 5.16. The smallest absolute Gasteiger partial charge is 0.0399 e. The lowest BCUT2D eigenvalue weighted by atomic mass is 9.81. The van der Waals surface area contributed by atoms with Crippen LogP contribution in [0.2, 0.25) is 0 Å². The number of anilines is 1. The molecule has 0 aromatic heterocycles. The summed E-state index contributed by atoms with van der Waals surface area (Å²) < 4.78 is 0. The van der Waals surface area contributed by atoms with Crippen molar-refractivity contribution in [2.75, 3.05) is 18.0 Å². The van der Waals surface area contributed by atoms with Gasteiger partial charge in [0.05, 0.1) is 0 Å². The summed E-state index contributed by atoms with van der Waals surface area (Å²) in [5, 5.41) is 0. The summed E-state index contributed by atoms with van der Waals surface area (Å²) in [5.74, 6) is 0. The minimum atomic E-state index is 0.0533. The van der Waals surface area contributed by atoms with E-state index in [2.05, 4.69) is 30.0 Å². The van der Waals surface area contributed by atoms with E-state index in [0.717, 1.165) is 6.54 Å². The van der Waals surface area contributed by atoms with Crippen LogP contribution in [0.1, 0.15) is 49.7 Å². The van der Waals surface area contributed by atoms with Crippen molar-refractivity contribution < 1.29 is 0 Å². The molecule has 0 spiro atoms. The number of hydrogen-bond acceptors (Lipinski definition) is 2. The molecule has 19 heavy (non-hydrogen) atoms. The number of hydrogen-bond donors (Lipinski definition) is 1. The number of aryl methyl sites for hydroxylation is 2. The predicted molar refractivity (Wildman–Crippen MR) is 81.7 cm³/mol. The third kappa shape index (κ3) is 2.79. The second-order valence-electron chi connectivity index (χ2n) is 6.58. The highest BCUT2D eigenvalue weighted by Crippen LogP contribution is 2.32. The Kier molecular flexibility index (Phi) is 3.53. The molecule has 1 aromatic rings. The van der Waals surface area contributed by atoms with Crippen molar-refractivity contribution in [1.29, 1.82) is 0 Å². The lowest BCUT2D eigenvalue weighted by Gasteiger charge is -2.41. The van der Waals surface area contributed by atoms with Gasteiger partial charge < -0.3 is 10.6 Å². The van der Waals surface area contributed by atoms with Crippen LogP contribution in [0.4, 0.5) is 5.69 Å². The maximum absolute atomic E-state index is 6.64. The Bertz CT molecular complexity index is 447. The molecule has 0 radical (unpaired) electrons. The predicted octanol–water partition coefficient (Wildman–Crippen LogP) is 3.41. The van der Waals surface area contributed by atoms with Crippen LogP contribution in [0, 0.1) is 6.92 Å². The summed E-state index contributed by atoms with van der Waals surface area (Å²) in [4.78, 5) is 2.55. The Labute approximate surface area is 117 Å². The molecule has 1 aliphatic carbocycles. The fraction of sp³-hybridized carbons (Fsp3) is 0.647. The van der Waals surface area contributed by atoms with Crippen molar-refractivity contribution in [3.05, 3.63) is 29.3 Å². The first-order chi connectivity index (χ1) is 9.16. The monoisotopic (exact) mass is 258 g/mol. The Morgan fingerprint density at radius 3 is 2.74 bits per heavy atom. The molecular weight excluding hydrogens is 232 g/mol. The first kappa shape index (κ1) is 13.0. The highest BCUT2D eigenvalue weighted by atomic mass is 15.2. The minimum absolute atomic E-state index is 0.0533. The lowest BCUT2D eigenvalue weighted by Crippen LogP contribution is -2.52. The van der Waals surface area contributed by atoms with E-state index in [0.29, 0.717) is 0 Å². The van der Waals surface area contributed by atoms with Gasteiger partial charge in [-0.1, -0.05) is 37.0 Å². The van der Waals surface area contributed by atoms with E-state index in [1.54, 1.807) is 0 Å². The van der Waals surface area contributed by atoms with Crippen molar-refractivity contribution in [1.82, 2.24) is 0 Å². The van der Waals surface area contributed by atoms with Gasteiger partial charge in [-0.3, -0.25) is 0 Å². The summed E-state index contributed by atoms with van der Waals surface area (Å²) in [6.45, 7) is 4.41. The molecule has 0 saturated heterocycles. The molecule has 104 valence electrons. The largest absolute Gasteiger partial charge is 0.369 e. The first-order valence-electron chi connectivity index (χ1n) is 7.80. The van der Waals surface area contributed by atoms with Crippen molar-refractivity contribution in [3.63, 3.8) is 0 Å². The number of rotatable bonds is 2. The highest BCUT2D eigenvalue weighted by Gasteiger charge is 2.31. The molecule has 2 N–H and O–H groups in total. The van der Waals surface area contributed by atoms with E-state index in [9.17, 15) is 0 Å². The standard InChI is InChI=1S/C17H26N2/c1-14-7-8-16-15(12-14)6-5-11-19(16)13-17(18)9-3-2-4-10-17/h7-8,12H,2-6,9-11,13,18H2,1H3. The molecule has 2 nitrogen and oxygen atoms in total. The zero-order valence-corrected chi connectivity index (χ0v) is 12.1. The molecule has 1 aromatic carbocycles. The molecule has 1 heterocycles. The van der Waals surface area contributed by atoms with Gasteiger partial charge in [0.15, 0.2) is 0 Å². The minimum Gasteiger partial charge on any atom is -0.369 e. The van der Waals surface area contributed by atoms with Crippen LogP contribution < -0.4 is 10.6 Å². The average molecular weight is 258 g/mol. The van der Waals surface area contributed by atoms with Crippen LogP contribution >= 0.6 is 0 Å². The van der Waals surface area contributed by atoms with Crippen molar-refractivity contribution in [2.45, 2.75) is 57.4 Å².